The van der Waals surface area contributed by atoms with Crippen LogP contribution in [0.4, 0.5) is 0 Å². The third-order valence-corrected chi connectivity index (χ3v) is 2.34. The molecule has 3 nitrogen and oxygen atoms in total. The molecule has 2 N–H and O–H groups in total. The zero-order chi connectivity index (χ0) is 11.1. The minimum Gasteiger partial charge on any atom is -0.484 e. The van der Waals surface area contributed by atoms with Crippen LogP contribution in [0.3, 0.4) is 0 Å². The van der Waals surface area contributed by atoms with E-state index in [1.165, 1.54) is 0 Å². The van der Waals surface area contributed by atoms with Crippen molar-refractivity contribution in [3.05, 3.63) is 0 Å². The highest BCUT2D eigenvalue weighted by atomic mass is 32.1. The minimum absolute atomic E-state index is 0.219. The van der Waals surface area contributed by atoms with Crippen molar-refractivity contribution in [3.8, 4) is 0 Å². The predicted octanol–water partition coefficient (Wildman–Crippen LogP) is 1.27. The number of likely N-dealkylation sites (N-methyl/N-ethyl adjacent to an activating group) is 1. The Morgan fingerprint density at radius 2 is 2.00 bits per heavy atom. The van der Waals surface area contributed by atoms with Crippen LogP contribution in [-0.4, -0.2) is 43.2 Å². The van der Waals surface area contributed by atoms with Gasteiger partial charge in [0.1, 0.15) is 6.61 Å². The van der Waals surface area contributed by atoms with Gasteiger partial charge in [0, 0.05) is 6.54 Å². The molecule has 0 aliphatic heterocycles. The van der Waals surface area contributed by atoms with Gasteiger partial charge in [-0.25, -0.2) is 0 Å². The minimum atomic E-state index is 0.219. The molecule has 0 amide bonds. The zero-order valence-electron chi connectivity index (χ0n) is 9.62. The van der Waals surface area contributed by atoms with E-state index >= 15 is 0 Å². The lowest BCUT2D eigenvalue weighted by molar-refractivity contribution is 0.245. The topological polar surface area (TPSA) is 38.5 Å². The van der Waals surface area contributed by atoms with Crippen molar-refractivity contribution in [1.82, 2.24) is 4.90 Å². The van der Waals surface area contributed by atoms with Gasteiger partial charge >= 0.3 is 0 Å². The zero-order valence-corrected chi connectivity index (χ0v) is 10.4. The van der Waals surface area contributed by atoms with Crippen LogP contribution in [0.15, 0.2) is 0 Å². The van der Waals surface area contributed by atoms with Crippen LogP contribution in [0.2, 0.25) is 0 Å². The van der Waals surface area contributed by atoms with Gasteiger partial charge in [0.05, 0.1) is 6.04 Å². The summed E-state index contributed by atoms with van der Waals surface area (Å²) < 4.78 is 5.38. The van der Waals surface area contributed by atoms with Crippen molar-refractivity contribution in [3.63, 3.8) is 0 Å². The standard InChI is InChI=1S/C10H22N2OS/c1-8(2)7-9(12(3)4)10(14)13-6-5-11/h8-9H,5-7,11H2,1-4H3/t9-/m0/s1. The van der Waals surface area contributed by atoms with E-state index in [2.05, 4.69) is 18.7 Å². The van der Waals surface area contributed by atoms with E-state index in [-0.39, 0.29) is 6.04 Å². The Bertz CT molecular complexity index is 172. The van der Waals surface area contributed by atoms with Gasteiger partial charge in [-0.3, -0.25) is 4.90 Å². The van der Waals surface area contributed by atoms with Crippen molar-refractivity contribution in [2.45, 2.75) is 26.3 Å². The molecule has 0 fully saturated rings. The second-order valence-corrected chi connectivity index (χ2v) is 4.47. The van der Waals surface area contributed by atoms with E-state index in [1.807, 2.05) is 14.1 Å². The Kier molecular flexibility index (Phi) is 7.05. The first-order valence-electron chi connectivity index (χ1n) is 5.02. The first-order chi connectivity index (χ1) is 6.49. The molecule has 0 aliphatic rings. The maximum atomic E-state index is 5.38. The smallest absolute Gasteiger partial charge is 0.176 e. The number of hydrogen-bond acceptors (Lipinski definition) is 4. The fourth-order valence-electron chi connectivity index (χ4n) is 1.22. The van der Waals surface area contributed by atoms with Gasteiger partial charge < -0.3 is 10.5 Å². The van der Waals surface area contributed by atoms with Gasteiger partial charge in [-0.15, -0.1) is 0 Å². The second kappa shape index (κ2) is 7.15. The van der Waals surface area contributed by atoms with Crippen LogP contribution in [-0.2, 0) is 4.74 Å². The largest absolute Gasteiger partial charge is 0.484 e. The summed E-state index contributed by atoms with van der Waals surface area (Å²) in [5.41, 5.74) is 5.36. The van der Waals surface area contributed by atoms with Gasteiger partial charge in [0.2, 0.25) is 0 Å². The van der Waals surface area contributed by atoms with E-state index in [4.69, 9.17) is 22.7 Å². The number of hydrogen-bond donors (Lipinski definition) is 1. The molecule has 0 spiro atoms. The summed E-state index contributed by atoms with van der Waals surface area (Å²) in [6, 6.07) is 0.219. The first kappa shape index (κ1) is 13.8. The van der Waals surface area contributed by atoms with E-state index in [0.29, 0.717) is 24.1 Å². The van der Waals surface area contributed by atoms with Gasteiger partial charge in [-0.05, 0) is 38.7 Å². The summed E-state index contributed by atoms with van der Waals surface area (Å²) in [6.45, 7) is 5.40. The van der Waals surface area contributed by atoms with Crippen molar-refractivity contribution in [1.29, 1.82) is 0 Å². The number of thiocarbonyl (C=S) groups is 1. The van der Waals surface area contributed by atoms with Crippen molar-refractivity contribution in [2.75, 3.05) is 27.2 Å². The average molecular weight is 218 g/mol. The molecular formula is C10H22N2OS. The molecule has 0 unspecified atom stereocenters. The molecule has 0 aliphatic carbocycles. The third kappa shape index (κ3) is 5.52. The lowest BCUT2D eigenvalue weighted by Crippen LogP contribution is -2.37. The summed E-state index contributed by atoms with van der Waals surface area (Å²) in [5.74, 6) is 0.613. The van der Waals surface area contributed by atoms with Gasteiger partial charge in [-0.2, -0.15) is 0 Å². The molecule has 0 saturated heterocycles. The molecule has 0 radical (unpaired) electrons. The van der Waals surface area contributed by atoms with Crippen LogP contribution < -0.4 is 5.73 Å². The second-order valence-electron chi connectivity index (χ2n) is 4.07. The molecule has 84 valence electrons. The van der Waals surface area contributed by atoms with Crippen molar-refractivity contribution < 1.29 is 4.74 Å². The molecule has 0 aromatic rings. The molecule has 0 aromatic carbocycles. The quantitative estimate of drug-likeness (QED) is 0.681. The van der Waals surface area contributed by atoms with Crippen LogP contribution in [0.1, 0.15) is 20.3 Å². The normalized spacial score (nSPS) is 13.4. The third-order valence-electron chi connectivity index (χ3n) is 1.95. The molecular weight excluding hydrogens is 196 g/mol. The lowest BCUT2D eigenvalue weighted by atomic mass is 10.0. The van der Waals surface area contributed by atoms with Crippen molar-refractivity contribution in [2.24, 2.45) is 11.7 Å². The molecule has 14 heavy (non-hydrogen) atoms. The van der Waals surface area contributed by atoms with E-state index in [9.17, 15) is 0 Å². The fourth-order valence-corrected chi connectivity index (χ4v) is 1.61. The summed E-state index contributed by atoms with van der Waals surface area (Å²) in [6.07, 6.45) is 1.02. The summed E-state index contributed by atoms with van der Waals surface area (Å²) in [7, 11) is 4.04. The SMILES string of the molecule is CC(C)C[C@@H](C(=S)OCCN)N(C)C. The predicted molar refractivity (Wildman–Crippen MR) is 64.5 cm³/mol. The van der Waals surface area contributed by atoms with E-state index < -0.39 is 0 Å². The molecule has 0 rings (SSSR count). The maximum Gasteiger partial charge on any atom is 0.176 e. The number of nitrogens with two attached hydrogens (primary N) is 1. The summed E-state index contributed by atoms with van der Waals surface area (Å²) in [5, 5.41) is 0.661. The van der Waals surface area contributed by atoms with Gasteiger partial charge in [0.25, 0.3) is 0 Å². The highest BCUT2D eigenvalue weighted by Gasteiger charge is 2.19. The molecule has 0 aromatic heterocycles. The van der Waals surface area contributed by atoms with Crippen LogP contribution >= 0.6 is 12.2 Å². The summed E-state index contributed by atoms with van der Waals surface area (Å²) >= 11 is 5.22. The van der Waals surface area contributed by atoms with E-state index in [0.717, 1.165) is 6.42 Å². The Labute approximate surface area is 92.6 Å². The number of nitrogens with zero attached hydrogens (tertiary/aromatic N) is 1. The molecule has 1 atom stereocenters. The molecule has 0 saturated carbocycles. The van der Waals surface area contributed by atoms with Crippen molar-refractivity contribution >= 4 is 17.3 Å². The summed E-state index contributed by atoms with van der Waals surface area (Å²) in [4.78, 5) is 2.10. The Morgan fingerprint density at radius 1 is 1.43 bits per heavy atom. The van der Waals surface area contributed by atoms with Crippen LogP contribution in [0.25, 0.3) is 0 Å². The fraction of sp³-hybridized carbons (Fsp3) is 0.900. The Balaban J connectivity index is 4.12. The Morgan fingerprint density at radius 3 is 2.36 bits per heavy atom. The molecule has 0 bridgehead atoms. The number of ether oxygens (including phenoxy) is 1. The van der Waals surface area contributed by atoms with Gasteiger partial charge in [-0.1, -0.05) is 13.8 Å². The van der Waals surface area contributed by atoms with Gasteiger partial charge in [0.15, 0.2) is 5.05 Å². The lowest BCUT2D eigenvalue weighted by Gasteiger charge is -2.26. The number of rotatable bonds is 6. The molecule has 0 heterocycles. The Hall–Kier alpha value is -0.190. The molecule has 4 heteroatoms. The highest BCUT2D eigenvalue weighted by Crippen LogP contribution is 2.11. The highest BCUT2D eigenvalue weighted by molar-refractivity contribution is 7.80. The first-order valence-corrected chi connectivity index (χ1v) is 5.43. The maximum absolute atomic E-state index is 5.38. The van der Waals surface area contributed by atoms with Crippen LogP contribution in [0.5, 0.6) is 0 Å². The van der Waals surface area contributed by atoms with E-state index in [1.54, 1.807) is 0 Å². The monoisotopic (exact) mass is 218 g/mol. The average Bonchev–Trinajstić information content (AvgIpc) is 2.09. The van der Waals surface area contributed by atoms with Crippen LogP contribution in [0, 0.1) is 5.92 Å².